The van der Waals surface area contributed by atoms with Crippen LogP contribution in [0.25, 0.3) is 130 Å². The molecule has 0 nitrogen and oxygen atoms in total. The van der Waals surface area contributed by atoms with Crippen molar-refractivity contribution in [1.82, 2.24) is 0 Å². The summed E-state index contributed by atoms with van der Waals surface area (Å²) in [5.41, 5.74) is 5.58. The summed E-state index contributed by atoms with van der Waals surface area (Å²) in [4.78, 5) is 0. The van der Waals surface area contributed by atoms with E-state index in [-0.39, 0.29) is 24.2 Å². The van der Waals surface area contributed by atoms with Crippen LogP contribution in [0.3, 0.4) is 0 Å². The lowest BCUT2D eigenvalue weighted by atomic mass is 9.84. The van der Waals surface area contributed by atoms with Gasteiger partial charge in [-0.2, -0.15) is 0 Å². The molecule has 0 heteroatoms. The molecule has 0 amide bonds. The lowest BCUT2D eigenvalue weighted by molar-refractivity contribution is 1.66. The number of hydrogen-bond acceptors (Lipinski definition) is 0. The van der Waals surface area contributed by atoms with Crippen LogP contribution in [0.1, 0.15) is 5.48 Å². The Bertz CT molecular complexity index is 4210. The SMILES string of the molecule is [2H]c1c([2H])c([2H])c2c(-c3ccc4ccccc4c3)c3cc(-c4ccc5ccccc5c4)ccc3c(-c3ccc4ccccc4c3)c2c1[2H].c1cc2cccc3c4cccc5cccc(c(c1)c23)c54. The van der Waals surface area contributed by atoms with Gasteiger partial charge in [0.2, 0.25) is 0 Å². The molecule has 0 aliphatic heterocycles. The third kappa shape index (κ3) is 5.84. The normalized spacial score (nSPS) is 12.6. The van der Waals surface area contributed by atoms with Gasteiger partial charge in [-0.25, -0.2) is 0 Å². The number of benzene rings is 14. The molecule has 14 rings (SSSR count). The largest absolute Gasteiger partial charge is 0.0629 e. The summed E-state index contributed by atoms with van der Waals surface area (Å²) in [6.45, 7) is 0. The highest BCUT2D eigenvalue weighted by molar-refractivity contribution is 6.33. The molecule has 0 heterocycles. The van der Waals surface area contributed by atoms with Gasteiger partial charge in [-0.15, -0.1) is 0 Å². The Morgan fingerprint density at radius 1 is 0.219 bits per heavy atom. The minimum absolute atomic E-state index is 0.0308. The van der Waals surface area contributed by atoms with Gasteiger partial charge in [0.1, 0.15) is 0 Å². The fraction of sp³-hybridized carbons (Fsp3) is 0. The van der Waals surface area contributed by atoms with Gasteiger partial charge >= 0.3 is 0 Å². The van der Waals surface area contributed by atoms with Gasteiger partial charge in [0.25, 0.3) is 0 Å². The fourth-order valence-corrected chi connectivity index (χ4v) is 10.3. The van der Waals surface area contributed by atoms with Crippen molar-refractivity contribution < 1.29 is 5.48 Å². The maximum Gasteiger partial charge on any atom is 0.0629 e. The maximum absolute atomic E-state index is 9.36. The average molecular weight is 813 g/mol. The summed E-state index contributed by atoms with van der Waals surface area (Å²) in [5, 5.41) is 20.5. The zero-order valence-electron chi connectivity index (χ0n) is 38.8. The zero-order chi connectivity index (χ0) is 45.6. The van der Waals surface area contributed by atoms with Crippen LogP contribution in [0.5, 0.6) is 0 Å². The smallest absolute Gasteiger partial charge is 0.0616 e. The second kappa shape index (κ2) is 14.7. The first-order chi connectivity index (χ1) is 33.4. The van der Waals surface area contributed by atoms with Gasteiger partial charge < -0.3 is 0 Å². The van der Waals surface area contributed by atoms with Gasteiger partial charge in [-0.1, -0.05) is 218 Å². The number of fused-ring (bicyclic) bond motifs is 7. The molecular formula is C64H40. The summed E-state index contributed by atoms with van der Waals surface area (Å²) in [6.07, 6.45) is 0. The molecule has 64 heavy (non-hydrogen) atoms. The molecule has 14 aromatic rings. The van der Waals surface area contributed by atoms with Crippen LogP contribution in [0, 0.1) is 0 Å². The highest BCUT2D eigenvalue weighted by Crippen LogP contribution is 2.46. The van der Waals surface area contributed by atoms with E-state index in [1.807, 2.05) is 24.3 Å². The highest BCUT2D eigenvalue weighted by Gasteiger charge is 2.19. The van der Waals surface area contributed by atoms with Crippen molar-refractivity contribution in [2.75, 3.05) is 0 Å². The van der Waals surface area contributed by atoms with E-state index in [4.69, 9.17) is 2.74 Å². The molecule has 0 fully saturated rings. The first-order valence-corrected chi connectivity index (χ1v) is 21.9. The van der Waals surface area contributed by atoms with Crippen LogP contribution in [-0.4, -0.2) is 0 Å². The van der Waals surface area contributed by atoms with E-state index < -0.39 is 0 Å². The van der Waals surface area contributed by atoms with Crippen molar-refractivity contribution in [3.8, 4) is 33.4 Å². The summed E-state index contributed by atoms with van der Waals surface area (Å²) in [6, 6.07) is 76.3. The first kappa shape index (κ1) is 32.4. The third-order valence-corrected chi connectivity index (χ3v) is 13.3. The fourth-order valence-electron chi connectivity index (χ4n) is 10.3. The van der Waals surface area contributed by atoms with E-state index in [2.05, 4.69) is 194 Å². The number of rotatable bonds is 3. The van der Waals surface area contributed by atoms with Crippen LogP contribution in [0.4, 0.5) is 0 Å². The van der Waals surface area contributed by atoms with E-state index in [1.165, 1.54) is 48.5 Å². The van der Waals surface area contributed by atoms with Crippen LogP contribution in [0.2, 0.25) is 0 Å². The van der Waals surface area contributed by atoms with Crippen LogP contribution >= 0.6 is 0 Å². The van der Waals surface area contributed by atoms with Crippen LogP contribution < -0.4 is 0 Å². The van der Waals surface area contributed by atoms with E-state index in [1.54, 1.807) is 0 Å². The second-order valence-electron chi connectivity index (χ2n) is 16.9. The Morgan fingerprint density at radius 3 is 1.02 bits per heavy atom. The Kier molecular flexibility index (Phi) is 7.42. The predicted molar refractivity (Wildman–Crippen MR) is 278 cm³/mol. The van der Waals surface area contributed by atoms with E-state index in [9.17, 15) is 2.74 Å². The van der Waals surface area contributed by atoms with Gasteiger partial charge in [0.15, 0.2) is 0 Å². The van der Waals surface area contributed by atoms with Crippen molar-refractivity contribution in [1.29, 1.82) is 0 Å². The van der Waals surface area contributed by atoms with E-state index in [0.717, 1.165) is 71.1 Å². The lowest BCUT2D eigenvalue weighted by Gasteiger charge is -2.19. The van der Waals surface area contributed by atoms with Gasteiger partial charge in [0, 0.05) is 0 Å². The Hall–Kier alpha value is -8.32. The predicted octanol–water partition coefficient (Wildman–Crippen LogP) is 18.2. The van der Waals surface area contributed by atoms with E-state index >= 15 is 0 Å². The molecule has 0 unspecified atom stereocenters. The van der Waals surface area contributed by atoms with Crippen molar-refractivity contribution >= 4 is 97.0 Å². The summed E-state index contributed by atoms with van der Waals surface area (Å²) in [7, 11) is 0. The Balaban J connectivity index is 0.000000189. The standard InChI is InChI=1S/C44H28.C20H12/c1-4-12-32-25-35(20-17-29(32)9-1)36-23-24-41-42(28-36)44(38-22-19-31-11-3-6-14-34(31)27-38)40-16-8-7-15-39(40)43(41)37-21-18-30-10-2-5-13-33(30)26-37;1-5-13-6-2-11-17-18-12-4-8-14-7-3-10-16(20(14)18)15(9-1)19(13)17/h1-28H;1-12H/i7D,8D,15D,16D;. The van der Waals surface area contributed by atoms with Crippen LogP contribution in [0.15, 0.2) is 243 Å². The molecular weight excluding hydrogens is 769 g/mol. The average Bonchev–Trinajstić information content (AvgIpc) is 3.40. The summed E-state index contributed by atoms with van der Waals surface area (Å²) in [5.74, 6) is 0. The minimum Gasteiger partial charge on any atom is -0.0616 e. The molecule has 0 saturated carbocycles. The molecule has 14 aromatic carbocycles. The summed E-state index contributed by atoms with van der Waals surface area (Å²) < 4.78 is 36.2. The Morgan fingerprint density at radius 2 is 0.562 bits per heavy atom. The quantitative estimate of drug-likeness (QED) is 0.123. The van der Waals surface area contributed by atoms with Crippen molar-refractivity contribution in [3.63, 3.8) is 0 Å². The van der Waals surface area contributed by atoms with Gasteiger partial charge in [0.05, 0.1) is 5.48 Å². The molecule has 296 valence electrons. The topological polar surface area (TPSA) is 0 Å². The molecule has 0 bridgehead atoms. The molecule has 0 spiro atoms. The molecule has 0 atom stereocenters. The third-order valence-electron chi connectivity index (χ3n) is 13.3. The zero-order valence-corrected chi connectivity index (χ0v) is 34.8. The van der Waals surface area contributed by atoms with Crippen molar-refractivity contribution in [2.45, 2.75) is 0 Å². The molecule has 0 aromatic heterocycles. The molecule has 0 aliphatic rings. The maximum atomic E-state index is 9.36. The molecule has 0 saturated heterocycles. The molecule has 0 radical (unpaired) electrons. The van der Waals surface area contributed by atoms with Gasteiger partial charge in [-0.3, -0.25) is 0 Å². The van der Waals surface area contributed by atoms with Crippen molar-refractivity contribution in [3.05, 3.63) is 243 Å². The van der Waals surface area contributed by atoms with E-state index in [0.29, 0.717) is 10.8 Å². The molecule has 0 N–H and O–H groups in total. The monoisotopic (exact) mass is 812 g/mol. The lowest BCUT2D eigenvalue weighted by Crippen LogP contribution is -1.92. The number of hydrogen-bond donors (Lipinski definition) is 0. The van der Waals surface area contributed by atoms with Crippen LogP contribution in [-0.2, 0) is 0 Å². The minimum atomic E-state index is -0.232. The van der Waals surface area contributed by atoms with Crippen molar-refractivity contribution in [2.24, 2.45) is 0 Å². The van der Waals surface area contributed by atoms with Gasteiger partial charge in [-0.05, 0) is 155 Å². The summed E-state index contributed by atoms with van der Waals surface area (Å²) >= 11 is 0. The highest BCUT2D eigenvalue weighted by atomic mass is 14.2. The Labute approximate surface area is 376 Å². The first-order valence-electron chi connectivity index (χ1n) is 23.9. The molecule has 0 aliphatic carbocycles. The second-order valence-corrected chi connectivity index (χ2v) is 16.9.